The molecule has 25 heavy (non-hydrogen) atoms. The molecule has 0 spiro atoms. The van der Waals surface area contributed by atoms with Gasteiger partial charge in [-0.1, -0.05) is 63.5 Å². The van der Waals surface area contributed by atoms with E-state index in [0.717, 1.165) is 17.8 Å². The molecule has 0 aromatic heterocycles. The van der Waals surface area contributed by atoms with E-state index in [1.54, 1.807) is 5.57 Å². The summed E-state index contributed by atoms with van der Waals surface area (Å²) in [6.07, 6.45) is 17.4. The van der Waals surface area contributed by atoms with Gasteiger partial charge in [-0.05, 0) is 89.4 Å². The molecule has 0 fully saturated rings. The van der Waals surface area contributed by atoms with E-state index in [-0.39, 0.29) is 0 Å². The van der Waals surface area contributed by atoms with Gasteiger partial charge in [-0.2, -0.15) is 0 Å². The third-order valence-electron chi connectivity index (χ3n) is 5.45. The van der Waals surface area contributed by atoms with E-state index < -0.39 is 0 Å². The summed E-state index contributed by atoms with van der Waals surface area (Å²) in [5.74, 6) is 3.04. The van der Waals surface area contributed by atoms with Crippen LogP contribution in [0.2, 0.25) is 0 Å². The maximum absolute atomic E-state index is 3.95. The van der Waals surface area contributed by atoms with Crippen LogP contribution in [0.25, 0.3) is 0 Å². The van der Waals surface area contributed by atoms with Crippen molar-refractivity contribution >= 4 is 0 Å². The first-order valence-corrected chi connectivity index (χ1v) is 10.7. The second-order valence-corrected chi connectivity index (χ2v) is 8.95. The minimum Gasteiger partial charge on any atom is -0.103 e. The molecule has 0 nitrogen and oxygen atoms in total. The van der Waals surface area contributed by atoms with Crippen LogP contribution in [0.15, 0.2) is 36.0 Å². The van der Waals surface area contributed by atoms with E-state index in [9.17, 15) is 0 Å². The van der Waals surface area contributed by atoms with Gasteiger partial charge >= 0.3 is 0 Å². The molecule has 0 amide bonds. The fourth-order valence-corrected chi connectivity index (χ4v) is 3.28. The maximum atomic E-state index is 3.95. The van der Waals surface area contributed by atoms with E-state index in [0.29, 0.717) is 5.92 Å². The molecule has 0 radical (unpaired) electrons. The summed E-state index contributed by atoms with van der Waals surface area (Å²) >= 11 is 0. The Hall–Kier alpha value is -0.780. The average Bonchev–Trinajstić information content (AvgIpc) is 2.53. The Morgan fingerprint density at radius 3 is 1.92 bits per heavy atom. The van der Waals surface area contributed by atoms with E-state index in [1.165, 1.54) is 56.9 Å². The Balaban J connectivity index is 4.55. The van der Waals surface area contributed by atoms with Crippen LogP contribution in [-0.4, -0.2) is 0 Å². The van der Waals surface area contributed by atoms with Crippen molar-refractivity contribution in [1.82, 2.24) is 0 Å². The zero-order chi connectivity index (χ0) is 19.2. The molecule has 0 aliphatic carbocycles. The van der Waals surface area contributed by atoms with Crippen molar-refractivity contribution in [3.8, 4) is 0 Å². The lowest BCUT2D eigenvalue weighted by Crippen LogP contribution is -2.07. The molecule has 3 atom stereocenters. The number of allylic oxidation sites excluding steroid dienone is 5. The van der Waals surface area contributed by atoms with Crippen molar-refractivity contribution in [2.75, 3.05) is 0 Å². The highest BCUT2D eigenvalue weighted by Gasteiger charge is 2.14. The van der Waals surface area contributed by atoms with E-state index >= 15 is 0 Å². The van der Waals surface area contributed by atoms with E-state index in [1.807, 2.05) is 0 Å². The largest absolute Gasteiger partial charge is 0.103 e. The van der Waals surface area contributed by atoms with Crippen LogP contribution < -0.4 is 0 Å². The number of hydrogen-bond donors (Lipinski definition) is 0. The van der Waals surface area contributed by atoms with E-state index in [4.69, 9.17) is 0 Å². The van der Waals surface area contributed by atoms with Crippen molar-refractivity contribution in [3.05, 3.63) is 36.0 Å². The minimum absolute atomic E-state index is 0.640. The Bertz CT molecular complexity index is 392. The van der Waals surface area contributed by atoms with Gasteiger partial charge in [-0.3, -0.25) is 0 Å². The monoisotopic (exact) mass is 346 g/mol. The third kappa shape index (κ3) is 14.1. The Morgan fingerprint density at radius 2 is 1.36 bits per heavy atom. The highest BCUT2D eigenvalue weighted by atomic mass is 14.2. The molecule has 0 saturated heterocycles. The summed E-state index contributed by atoms with van der Waals surface area (Å²) in [5.41, 5.74) is 3.08. The molecule has 3 unspecified atom stereocenters. The zero-order valence-electron chi connectivity index (χ0n) is 18.4. The highest BCUT2D eigenvalue weighted by molar-refractivity contribution is 5.04. The van der Waals surface area contributed by atoms with Crippen LogP contribution in [0.4, 0.5) is 0 Å². The molecule has 0 saturated carbocycles. The second-order valence-electron chi connectivity index (χ2n) is 8.95. The predicted molar refractivity (Wildman–Crippen MR) is 117 cm³/mol. The van der Waals surface area contributed by atoms with Gasteiger partial charge in [0.1, 0.15) is 0 Å². The standard InChI is InChI=1S/C25H46/c1-9-22(6)16-18-25(24(8)15-11-13-21(4)5)19-17-23(7)14-10-12-20(2)3/h9,12,15,21-23,25H,1,10-11,13-14,16-19H2,2-8H3/b24-15+. The van der Waals surface area contributed by atoms with Crippen LogP contribution in [0.5, 0.6) is 0 Å². The number of hydrogen-bond acceptors (Lipinski definition) is 0. The molecule has 146 valence electrons. The first kappa shape index (κ1) is 24.2. The van der Waals surface area contributed by atoms with Crippen molar-refractivity contribution in [2.24, 2.45) is 23.7 Å². The summed E-state index contributed by atoms with van der Waals surface area (Å²) < 4.78 is 0. The Morgan fingerprint density at radius 1 is 0.760 bits per heavy atom. The van der Waals surface area contributed by atoms with Crippen LogP contribution in [0.3, 0.4) is 0 Å². The molecule has 0 aliphatic rings. The van der Waals surface area contributed by atoms with Gasteiger partial charge in [0.05, 0.1) is 0 Å². The first-order chi connectivity index (χ1) is 11.8. The van der Waals surface area contributed by atoms with Gasteiger partial charge in [-0.15, -0.1) is 6.58 Å². The fraction of sp³-hybridized carbons (Fsp3) is 0.760. The fourth-order valence-electron chi connectivity index (χ4n) is 3.28. The first-order valence-electron chi connectivity index (χ1n) is 10.7. The maximum Gasteiger partial charge on any atom is -0.0206 e. The molecule has 0 bridgehead atoms. The topological polar surface area (TPSA) is 0 Å². The van der Waals surface area contributed by atoms with Gasteiger partial charge in [0.2, 0.25) is 0 Å². The van der Waals surface area contributed by atoms with Gasteiger partial charge in [-0.25, -0.2) is 0 Å². The summed E-state index contributed by atoms with van der Waals surface area (Å²) in [7, 11) is 0. The number of rotatable bonds is 14. The molecular formula is C25H46. The Kier molecular flexibility index (Phi) is 13.9. The lowest BCUT2D eigenvalue weighted by molar-refractivity contribution is 0.394. The zero-order valence-corrected chi connectivity index (χ0v) is 18.4. The quantitative estimate of drug-likeness (QED) is 0.276. The van der Waals surface area contributed by atoms with Gasteiger partial charge in [0.15, 0.2) is 0 Å². The van der Waals surface area contributed by atoms with Crippen molar-refractivity contribution in [3.63, 3.8) is 0 Å². The highest BCUT2D eigenvalue weighted by Crippen LogP contribution is 2.28. The SMILES string of the molecule is C=CC(C)CCC(CCC(C)CCC=C(C)C)/C(C)=C/CCC(C)C. The van der Waals surface area contributed by atoms with Gasteiger partial charge in [0, 0.05) is 0 Å². The van der Waals surface area contributed by atoms with Gasteiger partial charge < -0.3 is 0 Å². The molecular weight excluding hydrogens is 300 g/mol. The smallest absolute Gasteiger partial charge is 0.0206 e. The van der Waals surface area contributed by atoms with Crippen molar-refractivity contribution < 1.29 is 0 Å². The van der Waals surface area contributed by atoms with Gasteiger partial charge in [0.25, 0.3) is 0 Å². The molecule has 0 heteroatoms. The molecule has 0 heterocycles. The molecule has 0 aliphatic heterocycles. The minimum atomic E-state index is 0.640. The normalized spacial score (nSPS) is 15.8. The average molecular weight is 347 g/mol. The van der Waals surface area contributed by atoms with E-state index in [2.05, 4.69) is 73.3 Å². The van der Waals surface area contributed by atoms with Crippen molar-refractivity contribution in [1.29, 1.82) is 0 Å². The molecule has 0 N–H and O–H groups in total. The molecule has 0 rings (SSSR count). The third-order valence-corrected chi connectivity index (χ3v) is 5.45. The lowest BCUT2D eigenvalue weighted by Gasteiger charge is -2.21. The Labute approximate surface area is 159 Å². The summed E-state index contributed by atoms with van der Waals surface area (Å²) in [6.45, 7) is 20.1. The van der Waals surface area contributed by atoms with Crippen LogP contribution in [-0.2, 0) is 0 Å². The summed E-state index contributed by atoms with van der Waals surface area (Å²) in [6, 6.07) is 0. The molecule has 0 aromatic carbocycles. The molecule has 0 aromatic rings. The van der Waals surface area contributed by atoms with Crippen molar-refractivity contribution in [2.45, 2.75) is 99.8 Å². The summed E-state index contributed by atoms with van der Waals surface area (Å²) in [4.78, 5) is 0. The van der Waals surface area contributed by atoms with Crippen LogP contribution in [0.1, 0.15) is 99.8 Å². The lowest BCUT2D eigenvalue weighted by atomic mass is 9.84. The summed E-state index contributed by atoms with van der Waals surface area (Å²) in [5, 5.41) is 0. The second kappa shape index (κ2) is 14.4. The van der Waals surface area contributed by atoms with Crippen LogP contribution in [0, 0.1) is 23.7 Å². The predicted octanol–water partition coefficient (Wildman–Crippen LogP) is 8.75. The van der Waals surface area contributed by atoms with Crippen LogP contribution >= 0.6 is 0 Å².